The average Bonchev–Trinajstić information content (AvgIpc) is 2.49. The fourth-order valence-corrected chi connectivity index (χ4v) is 2.02. The van der Waals surface area contributed by atoms with Gasteiger partial charge in [0.05, 0.1) is 16.8 Å². The van der Waals surface area contributed by atoms with Gasteiger partial charge >= 0.3 is 0 Å². The van der Waals surface area contributed by atoms with Crippen molar-refractivity contribution in [2.45, 2.75) is 0 Å². The molecule has 0 radical (unpaired) electrons. The average molecular weight is 326 g/mol. The predicted octanol–water partition coefficient (Wildman–Crippen LogP) is 2.62. The molecule has 2 aromatic carbocycles. The van der Waals surface area contributed by atoms with E-state index in [4.69, 9.17) is 5.73 Å². The molecule has 120 valence electrons. The van der Waals surface area contributed by atoms with Crippen LogP contribution in [0.3, 0.4) is 0 Å². The van der Waals surface area contributed by atoms with E-state index >= 15 is 0 Å². The first-order chi connectivity index (χ1) is 10.7. The molecule has 0 bridgehead atoms. The van der Waals surface area contributed by atoms with Crippen LogP contribution in [-0.2, 0) is 0 Å². The van der Waals surface area contributed by atoms with Crippen LogP contribution in [0.2, 0.25) is 0 Å². The number of carbonyl (C=O) groups is 2. The molecule has 2 aromatic rings. The molecule has 2 rings (SSSR count). The molecule has 0 heterocycles. The first-order valence-electron chi connectivity index (χ1n) is 6.25. The molecule has 0 aliphatic carbocycles. The smallest absolute Gasteiger partial charge is 0.261 e. The van der Waals surface area contributed by atoms with Gasteiger partial charge in [-0.15, -0.1) is 0 Å². The molecular formula is C15H10F4N2O2. The molecular weight excluding hydrogens is 316 g/mol. The van der Waals surface area contributed by atoms with Crippen molar-refractivity contribution < 1.29 is 27.2 Å². The van der Waals surface area contributed by atoms with Crippen molar-refractivity contribution in [1.29, 1.82) is 0 Å². The van der Waals surface area contributed by atoms with E-state index in [0.717, 1.165) is 13.1 Å². The van der Waals surface area contributed by atoms with Crippen molar-refractivity contribution in [3.05, 3.63) is 64.7 Å². The number of nitrogens with zero attached hydrogens (tertiary/aromatic N) is 1. The van der Waals surface area contributed by atoms with E-state index in [9.17, 15) is 27.2 Å². The molecule has 23 heavy (non-hydrogen) atoms. The minimum Gasteiger partial charge on any atom is -0.366 e. The number of rotatable bonds is 3. The zero-order valence-corrected chi connectivity index (χ0v) is 11.7. The van der Waals surface area contributed by atoms with E-state index in [1.165, 1.54) is 12.1 Å². The molecule has 4 nitrogen and oxygen atoms in total. The Bertz CT molecular complexity index is 808. The highest BCUT2D eigenvalue weighted by molar-refractivity contribution is 6.10. The van der Waals surface area contributed by atoms with Gasteiger partial charge in [0.15, 0.2) is 11.6 Å². The van der Waals surface area contributed by atoms with Crippen molar-refractivity contribution >= 4 is 17.5 Å². The topological polar surface area (TPSA) is 63.4 Å². The summed E-state index contributed by atoms with van der Waals surface area (Å²) >= 11 is 0. The van der Waals surface area contributed by atoms with E-state index in [0.29, 0.717) is 11.0 Å². The lowest BCUT2D eigenvalue weighted by Gasteiger charge is -2.20. The summed E-state index contributed by atoms with van der Waals surface area (Å²) in [6, 6.07) is 3.90. The zero-order chi connectivity index (χ0) is 17.3. The fourth-order valence-electron chi connectivity index (χ4n) is 2.02. The normalized spacial score (nSPS) is 10.5. The van der Waals surface area contributed by atoms with Gasteiger partial charge in [-0.25, -0.2) is 17.6 Å². The van der Waals surface area contributed by atoms with Crippen molar-refractivity contribution in [3.8, 4) is 0 Å². The van der Waals surface area contributed by atoms with Gasteiger partial charge in [0.1, 0.15) is 11.6 Å². The number of nitrogens with two attached hydrogens (primary N) is 1. The highest BCUT2D eigenvalue weighted by Gasteiger charge is 2.25. The van der Waals surface area contributed by atoms with E-state index in [1.807, 2.05) is 0 Å². The summed E-state index contributed by atoms with van der Waals surface area (Å²) in [4.78, 5) is 24.2. The van der Waals surface area contributed by atoms with Gasteiger partial charge in [-0.1, -0.05) is 6.07 Å². The Morgan fingerprint density at radius 1 is 0.913 bits per heavy atom. The number of hydrogen-bond donors (Lipinski definition) is 1. The highest BCUT2D eigenvalue weighted by Crippen LogP contribution is 2.26. The monoisotopic (exact) mass is 326 g/mol. The molecule has 0 saturated carbocycles. The quantitative estimate of drug-likeness (QED) is 0.696. The number of para-hydroxylation sites is 1. The number of primary amides is 1. The van der Waals surface area contributed by atoms with Crippen LogP contribution in [0.25, 0.3) is 0 Å². The van der Waals surface area contributed by atoms with Gasteiger partial charge < -0.3 is 10.6 Å². The summed E-state index contributed by atoms with van der Waals surface area (Å²) in [7, 11) is 1.05. The van der Waals surface area contributed by atoms with Gasteiger partial charge in [-0.05, 0) is 18.2 Å². The summed E-state index contributed by atoms with van der Waals surface area (Å²) in [6.45, 7) is 0. The Morgan fingerprint density at radius 2 is 1.52 bits per heavy atom. The number of halogens is 4. The van der Waals surface area contributed by atoms with Gasteiger partial charge in [-0.3, -0.25) is 9.59 Å². The second kappa shape index (κ2) is 6.07. The Balaban J connectivity index is 2.54. The number of benzene rings is 2. The van der Waals surface area contributed by atoms with Gasteiger partial charge in [0.2, 0.25) is 0 Å². The Kier molecular flexibility index (Phi) is 4.35. The standard InChI is InChI=1S/C15H10F4N2O2/c1-21(13-7(14(20)22)3-2-4-9(13)16)15(23)8-5-11(18)12(19)6-10(8)17/h2-6H,1H3,(H2,20,22). The van der Waals surface area contributed by atoms with E-state index in [2.05, 4.69) is 0 Å². The summed E-state index contributed by atoms with van der Waals surface area (Å²) in [5.74, 6) is -7.37. The minimum atomic E-state index is -1.47. The number of carbonyl (C=O) groups excluding carboxylic acids is 2. The van der Waals surface area contributed by atoms with Crippen LogP contribution >= 0.6 is 0 Å². The molecule has 0 aliphatic heterocycles. The summed E-state index contributed by atoms with van der Waals surface area (Å²) < 4.78 is 53.8. The molecule has 2 amide bonds. The van der Waals surface area contributed by atoms with Gasteiger partial charge in [0.25, 0.3) is 11.8 Å². The molecule has 8 heteroatoms. The number of anilines is 1. The Labute approximate surface area is 128 Å². The number of amides is 2. The van der Waals surface area contributed by atoms with Crippen LogP contribution in [0.15, 0.2) is 30.3 Å². The lowest BCUT2D eigenvalue weighted by molar-refractivity contribution is 0.0987. The third kappa shape index (κ3) is 3.01. The second-order valence-corrected chi connectivity index (χ2v) is 4.61. The van der Waals surface area contributed by atoms with Crippen LogP contribution in [0.4, 0.5) is 23.2 Å². The fraction of sp³-hybridized carbons (Fsp3) is 0.0667. The Hall–Kier alpha value is -2.90. The molecule has 0 fully saturated rings. The lowest BCUT2D eigenvalue weighted by atomic mass is 10.1. The highest BCUT2D eigenvalue weighted by atomic mass is 19.2. The molecule has 0 aromatic heterocycles. The molecule has 0 spiro atoms. The minimum absolute atomic E-state index is 0.201. The maximum absolute atomic E-state index is 14.0. The number of hydrogen-bond acceptors (Lipinski definition) is 2. The van der Waals surface area contributed by atoms with Gasteiger partial charge in [-0.2, -0.15) is 0 Å². The van der Waals surface area contributed by atoms with Crippen LogP contribution < -0.4 is 10.6 Å². The Morgan fingerprint density at radius 3 is 2.13 bits per heavy atom. The molecule has 0 aliphatic rings. The third-order valence-corrected chi connectivity index (χ3v) is 3.13. The summed E-state index contributed by atoms with van der Waals surface area (Å²) in [5, 5.41) is 0. The van der Waals surface area contributed by atoms with Crippen LogP contribution in [0.1, 0.15) is 20.7 Å². The van der Waals surface area contributed by atoms with Crippen LogP contribution in [0, 0.1) is 23.3 Å². The lowest BCUT2D eigenvalue weighted by Crippen LogP contribution is -2.30. The second-order valence-electron chi connectivity index (χ2n) is 4.61. The van der Waals surface area contributed by atoms with Crippen molar-refractivity contribution in [2.75, 3.05) is 11.9 Å². The SMILES string of the molecule is CN(C(=O)c1cc(F)c(F)cc1F)c1c(F)cccc1C(N)=O. The summed E-state index contributed by atoms with van der Waals surface area (Å²) in [5.41, 5.74) is 3.48. The van der Waals surface area contributed by atoms with E-state index in [1.54, 1.807) is 0 Å². The third-order valence-electron chi connectivity index (χ3n) is 3.13. The molecule has 2 N–H and O–H groups in total. The van der Waals surface area contributed by atoms with E-state index in [-0.39, 0.29) is 11.6 Å². The van der Waals surface area contributed by atoms with Crippen LogP contribution in [0.5, 0.6) is 0 Å². The van der Waals surface area contributed by atoms with Crippen molar-refractivity contribution in [1.82, 2.24) is 0 Å². The zero-order valence-electron chi connectivity index (χ0n) is 11.7. The first-order valence-corrected chi connectivity index (χ1v) is 6.25. The largest absolute Gasteiger partial charge is 0.366 e. The molecule has 0 atom stereocenters. The maximum atomic E-state index is 14.0. The predicted molar refractivity (Wildman–Crippen MR) is 74.0 cm³/mol. The first kappa shape index (κ1) is 16.5. The van der Waals surface area contributed by atoms with Crippen molar-refractivity contribution in [3.63, 3.8) is 0 Å². The van der Waals surface area contributed by atoms with Gasteiger partial charge in [0, 0.05) is 13.1 Å². The molecule has 0 unspecified atom stereocenters. The van der Waals surface area contributed by atoms with Crippen molar-refractivity contribution in [2.24, 2.45) is 5.73 Å². The molecule has 0 saturated heterocycles. The van der Waals surface area contributed by atoms with Crippen LogP contribution in [-0.4, -0.2) is 18.9 Å². The summed E-state index contributed by atoms with van der Waals surface area (Å²) in [6.07, 6.45) is 0. The van der Waals surface area contributed by atoms with E-state index < -0.39 is 46.3 Å². The maximum Gasteiger partial charge on any atom is 0.261 e.